The Kier molecular flexibility index (Phi) is 28.9. The lowest BCUT2D eigenvalue weighted by atomic mass is 9.83. The van der Waals surface area contributed by atoms with Crippen molar-refractivity contribution in [3.8, 4) is 0 Å². The first-order valence-electron chi connectivity index (χ1n) is 28.9. The van der Waals surface area contributed by atoms with E-state index in [4.69, 9.17) is 54.4 Å². The highest BCUT2D eigenvalue weighted by atomic mass is 28.5. The highest BCUT2D eigenvalue weighted by molar-refractivity contribution is 6.94. The zero-order valence-corrected chi connectivity index (χ0v) is 50.8. The SMILES string of the molecule is CC=COCC1CCC(COCC[Si]2(C)O[Si](C)(CCOCC3CCC(COC=CC)CC3)O[Si](C)(CCOCC3CCC(COC=CC)CC3)O[Si](C)(CCOCC3CCC(COC=CC)CC3)O2)CC1. The lowest BCUT2D eigenvalue weighted by Crippen LogP contribution is -2.68. The molecule has 416 valence electrons. The molecule has 0 unspecified atom stereocenters. The van der Waals surface area contributed by atoms with Gasteiger partial charge in [-0.05, 0) is 204 Å². The summed E-state index contributed by atoms with van der Waals surface area (Å²) in [5.74, 6) is 4.82. The van der Waals surface area contributed by atoms with Crippen molar-refractivity contribution >= 4 is 34.2 Å². The predicted octanol–water partition coefficient (Wildman–Crippen LogP) is 13.8. The normalized spacial score (nSPS) is 35.2. The van der Waals surface area contributed by atoms with Gasteiger partial charge in [0.25, 0.3) is 0 Å². The molecule has 0 bridgehead atoms. The second kappa shape index (κ2) is 33.8. The van der Waals surface area contributed by atoms with Crippen molar-refractivity contribution in [2.24, 2.45) is 47.3 Å². The summed E-state index contributed by atoms with van der Waals surface area (Å²) in [4.78, 5) is 0. The van der Waals surface area contributed by atoms with Gasteiger partial charge in [-0.15, -0.1) is 0 Å². The van der Waals surface area contributed by atoms with Crippen molar-refractivity contribution in [2.45, 2.75) is 181 Å². The molecular weight excluding hydrogens is 977 g/mol. The van der Waals surface area contributed by atoms with Crippen molar-refractivity contribution in [1.82, 2.24) is 0 Å². The van der Waals surface area contributed by atoms with E-state index in [1.807, 2.05) is 77.0 Å². The second-order valence-electron chi connectivity index (χ2n) is 23.0. The molecule has 5 fully saturated rings. The summed E-state index contributed by atoms with van der Waals surface area (Å²) in [6.07, 6.45) is 34.1. The summed E-state index contributed by atoms with van der Waals surface area (Å²) in [5.41, 5.74) is 0. The number of allylic oxidation sites excluding steroid dienone is 4. The molecule has 0 aromatic heterocycles. The van der Waals surface area contributed by atoms with Gasteiger partial charge in [-0.25, -0.2) is 0 Å². The fourth-order valence-corrected chi connectivity index (χ4v) is 33.9. The predicted molar refractivity (Wildman–Crippen MR) is 298 cm³/mol. The van der Waals surface area contributed by atoms with Crippen molar-refractivity contribution in [3.63, 3.8) is 0 Å². The Labute approximate surface area is 443 Å². The van der Waals surface area contributed by atoms with E-state index in [-0.39, 0.29) is 0 Å². The van der Waals surface area contributed by atoms with Gasteiger partial charge in [0.2, 0.25) is 0 Å². The van der Waals surface area contributed by atoms with E-state index < -0.39 is 34.2 Å². The maximum Gasteiger partial charge on any atom is 0.319 e. The molecule has 0 spiro atoms. The Morgan fingerprint density at radius 2 is 0.458 bits per heavy atom. The van der Waals surface area contributed by atoms with Gasteiger partial charge < -0.3 is 54.4 Å². The molecule has 1 saturated heterocycles. The van der Waals surface area contributed by atoms with Gasteiger partial charge in [-0.2, -0.15) is 0 Å². The van der Waals surface area contributed by atoms with E-state index >= 15 is 0 Å². The smallest absolute Gasteiger partial charge is 0.319 e. The van der Waals surface area contributed by atoms with E-state index in [0.717, 1.165) is 77.0 Å². The van der Waals surface area contributed by atoms with Gasteiger partial charge in [0.05, 0.1) is 51.5 Å². The monoisotopic (exact) mass is 1080 g/mol. The third kappa shape index (κ3) is 23.9. The molecular formula is C56H104O12Si4. The van der Waals surface area contributed by atoms with Crippen LogP contribution in [0.4, 0.5) is 0 Å². The van der Waals surface area contributed by atoms with Crippen LogP contribution >= 0.6 is 0 Å². The number of rotatable bonds is 32. The molecule has 0 aromatic rings. The number of ether oxygens (including phenoxy) is 8. The Hall–Kier alpha value is -1.29. The lowest BCUT2D eigenvalue weighted by Gasteiger charge is -2.50. The average molecular weight is 1080 g/mol. The minimum absolute atomic E-state index is 0.576. The maximum atomic E-state index is 7.57. The Balaban J connectivity index is 1.23. The third-order valence-electron chi connectivity index (χ3n) is 16.1. The second-order valence-corrected chi connectivity index (χ2v) is 37.3. The van der Waals surface area contributed by atoms with E-state index in [9.17, 15) is 0 Å². The van der Waals surface area contributed by atoms with Crippen LogP contribution in [-0.4, -0.2) is 114 Å². The zero-order valence-electron chi connectivity index (χ0n) is 46.8. The van der Waals surface area contributed by atoms with E-state index in [0.29, 0.717) is 73.8 Å². The highest BCUT2D eigenvalue weighted by Gasteiger charge is 2.56. The summed E-state index contributed by atoms with van der Waals surface area (Å²) in [5, 5.41) is 0. The topological polar surface area (TPSA) is 111 Å². The van der Waals surface area contributed by atoms with Gasteiger partial charge in [-0.3, -0.25) is 0 Å². The molecule has 0 radical (unpaired) electrons. The van der Waals surface area contributed by atoms with E-state index in [1.54, 1.807) is 0 Å². The molecule has 0 amide bonds. The molecule has 0 N–H and O–H groups in total. The molecule has 5 rings (SSSR count). The largest absolute Gasteiger partial charge is 0.501 e. The van der Waals surface area contributed by atoms with Crippen molar-refractivity contribution in [2.75, 3.05) is 79.3 Å². The highest BCUT2D eigenvalue weighted by Crippen LogP contribution is 2.39. The average Bonchev–Trinajstić information content (AvgIpc) is 3.36. The summed E-state index contributed by atoms with van der Waals surface area (Å²) in [6.45, 7) is 25.8. The van der Waals surface area contributed by atoms with Gasteiger partial charge in [-0.1, -0.05) is 24.3 Å². The molecule has 72 heavy (non-hydrogen) atoms. The van der Waals surface area contributed by atoms with Gasteiger partial charge in [0, 0.05) is 77.0 Å². The molecule has 1 heterocycles. The van der Waals surface area contributed by atoms with Gasteiger partial charge >= 0.3 is 34.2 Å². The van der Waals surface area contributed by atoms with Crippen LogP contribution in [0.1, 0.15) is 130 Å². The Morgan fingerprint density at radius 1 is 0.292 bits per heavy atom. The van der Waals surface area contributed by atoms with E-state index in [2.05, 4.69) is 26.2 Å². The third-order valence-corrected chi connectivity index (χ3v) is 34.3. The van der Waals surface area contributed by atoms with Crippen LogP contribution in [0.3, 0.4) is 0 Å². The number of hydrogen-bond acceptors (Lipinski definition) is 12. The van der Waals surface area contributed by atoms with Crippen molar-refractivity contribution in [3.05, 3.63) is 49.4 Å². The first kappa shape index (κ1) is 61.6. The van der Waals surface area contributed by atoms with Gasteiger partial charge in [0.1, 0.15) is 0 Å². The van der Waals surface area contributed by atoms with Crippen LogP contribution in [-0.2, 0) is 54.4 Å². The maximum absolute atomic E-state index is 7.57. The zero-order chi connectivity index (χ0) is 51.4. The molecule has 0 atom stereocenters. The minimum Gasteiger partial charge on any atom is -0.501 e. The quantitative estimate of drug-likeness (QED) is 0.0363. The van der Waals surface area contributed by atoms with Crippen LogP contribution in [0.2, 0.25) is 50.4 Å². The molecule has 0 aromatic carbocycles. The molecule has 1 aliphatic heterocycles. The van der Waals surface area contributed by atoms with Gasteiger partial charge in [0.15, 0.2) is 0 Å². The van der Waals surface area contributed by atoms with Crippen LogP contribution in [0, 0.1) is 47.3 Å². The van der Waals surface area contributed by atoms with Crippen molar-refractivity contribution in [1.29, 1.82) is 0 Å². The molecule has 5 aliphatic rings. The number of hydrogen-bond donors (Lipinski definition) is 0. The summed E-state index contributed by atoms with van der Waals surface area (Å²) < 4.78 is 79.4. The Bertz CT molecular complexity index is 1300. The Morgan fingerprint density at radius 3 is 0.625 bits per heavy atom. The molecule has 4 aliphatic carbocycles. The van der Waals surface area contributed by atoms with Crippen LogP contribution < -0.4 is 0 Å². The molecule has 12 nitrogen and oxygen atoms in total. The molecule has 4 saturated carbocycles. The fourth-order valence-electron chi connectivity index (χ4n) is 11.8. The first-order chi connectivity index (χ1) is 34.9. The van der Waals surface area contributed by atoms with Crippen LogP contribution in [0.15, 0.2) is 49.4 Å². The van der Waals surface area contributed by atoms with E-state index in [1.165, 1.54) is 103 Å². The lowest BCUT2D eigenvalue weighted by molar-refractivity contribution is 0.0658. The fraction of sp³-hybridized carbons (Fsp3) is 0.857. The van der Waals surface area contributed by atoms with Crippen LogP contribution in [0.5, 0.6) is 0 Å². The standard InChI is InChI=1S/C56H104O12Si4/c1-9-29-57-41-49-13-21-53(22-14-49)45-61-33-37-69(5)65-70(6,38-34-62-46-54-23-15-50(16-24-54)42-58-30-10-2)67-72(8,40-36-64-48-56-27-19-52(20-28-56)44-60-32-12-4)68-71(7,66-69)39-35-63-47-55-25-17-51(18-26-55)43-59-31-11-3/h9-12,29-32,49-56H,13-28,33-48H2,1-8H3. The first-order valence-corrected chi connectivity index (χ1v) is 39.0. The molecule has 16 heteroatoms. The summed E-state index contributed by atoms with van der Waals surface area (Å²) in [7, 11) is -11.7. The summed E-state index contributed by atoms with van der Waals surface area (Å²) in [6, 6.07) is 2.91. The summed E-state index contributed by atoms with van der Waals surface area (Å²) >= 11 is 0. The minimum atomic E-state index is -2.92. The van der Waals surface area contributed by atoms with Crippen LogP contribution in [0.25, 0.3) is 0 Å². The van der Waals surface area contributed by atoms with Crippen molar-refractivity contribution < 1.29 is 54.4 Å².